The molecule has 0 aliphatic rings. The van der Waals surface area contributed by atoms with E-state index in [1.165, 1.54) is 0 Å². The Bertz CT molecular complexity index is 1120. The Labute approximate surface area is 163 Å². The van der Waals surface area contributed by atoms with Crippen LogP contribution in [-0.2, 0) is 0 Å². The predicted molar refractivity (Wildman–Crippen MR) is 107 cm³/mol. The van der Waals surface area contributed by atoms with E-state index < -0.39 is 0 Å². The van der Waals surface area contributed by atoms with Crippen LogP contribution in [0.1, 0.15) is 16.1 Å². The Balaban J connectivity index is 2.11. The van der Waals surface area contributed by atoms with Gasteiger partial charge in [0.05, 0.1) is 22.3 Å². The molecule has 4 aromatic rings. The third kappa shape index (κ3) is 2.73. The lowest BCUT2D eigenvalue weighted by molar-refractivity contribution is 0.112. The summed E-state index contributed by atoms with van der Waals surface area (Å²) in [4.78, 5) is 16.2. The summed E-state index contributed by atoms with van der Waals surface area (Å²) in [6.07, 6.45) is 0.755. The molecule has 0 unspecified atom stereocenters. The van der Waals surface area contributed by atoms with Gasteiger partial charge in [0.2, 0.25) is 0 Å². The second kappa shape index (κ2) is 6.67. The number of hydrogen-bond acceptors (Lipinski definition) is 3. The third-order valence-corrected chi connectivity index (χ3v) is 5.05. The number of pyridine rings is 1. The van der Waals surface area contributed by atoms with Crippen molar-refractivity contribution in [2.75, 3.05) is 0 Å². The molecule has 0 spiro atoms. The van der Waals surface area contributed by atoms with Crippen molar-refractivity contribution >= 4 is 44.9 Å². The Kier molecular flexibility index (Phi) is 4.34. The lowest BCUT2D eigenvalue weighted by atomic mass is 9.98. The van der Waals surface area contributed by atoms with Crippen LogP contribution in [0.15, 0.2) is 59.1 Å². The highest BCUT2D eigenvalue weighted by Gasteiger charge is 2.21. The predicted octanol–water partition coefficient (Wildman–Crippen LogP) is 5.62. The summed E-state index contributed by atoms with van der Waals surface area (Å²) in [5, 5.41) is 5.64. The third-order valence-electron chi connectivity index (χ3n) is 4.23. The van der Waals surface area contributed by atoms with E-state index in [9.17, 15) is 4.79 Å². The minimum atomic E-state index is 0.169. The van der Waals surface area contributed by atoms with Crippen LogP contribution in [0.25, 0.3) is 27.8 Å². The number of aromatic nitrogens is 3. The van der Waals surface area contributed by atoms with Gasteiger partial charge in [-0.1, -0.05) is 57.9 Å². The van der Waals surface area contributed by atoms with Gasteiger partial charge in [-0.25, -0.2) is 9.67 Å². The van der Waals surface area contributed by atoms with Crippen LogP contribution in [0.2, 0.25) is 5.15 Å². The molecule has 6 heteroatoms. The lowest BCUT2D eigenvalue weighted by Gasteiger charge is -2.10. The molecule has 2 heterocycles. The molecule has 0 saturated heterocycles. The first-order valence-corrected chi connectivity index (χ1v) is 9.12. The van der Waals surface area contributed by atoms with E-state index in [1.807, 2.05) is 61.5 Å². The molecule has 128 valence electrons. The van der Waals surface area contributed by atoms with Gasteiger partial charge in [0.25, 0.3) is 0 Å². The van der Waals surface area contributed by atoms with E-state index in [0.29, 0.717) is 11.2 Å². The fourth-order valence-electron chi connectivity index (χ4n) is 3.08. The maximum Gasteiger partial charge on any atom is 0.165 e. The van der Waals surface area contributed by atoms with Crippen molar-refractivity contribution in [3.63, 3.8) is 0 Å². The summed E-state index contributed by atoms with van der Waals surface area (Å²) in [7, 11) is 0. The number of fused-ring (bicyclic) bond motifs is 1. The molecule has 0 saturated carbocycles. The average Bonchev–Trinajstić information content (AvgIpc) is 2.98. The standard InChI is InChI=1S/C20H13BrClN3O/c1-12-17-18(13-7-9-14(21)10-8-13)16(11-26)19(22)23-20(17)25(24-12)15-5-3-2-4-6-15/h2-11H,1H3. The van der Waals surface area contributed by atoms with Crippen LogP contribution in [0.5, 0.6) is 0 Å². The summed E-state index contributed by atoms with van der Waals surface area (Å²) in [5.41, 5.74) is 4.31. The molecule has 0 radical (unpaired) electrons. The molecule has 0 bridgehead atoms. The van der Waals surface area contributed by atoms with Crippen LogP contribution in [0, 0.1) is 6.92 Å². The van der Waals surface area contributed by atoms with E-state index in [0.717, 1.165) is 38.7 Å². The number of halogens is 2. The number of hydrogen-bond donors (Lipinski definition) is 0. The van der Waals surface area contributed by atoms with Crippen molar-refractivity contribution in [3.05, 3.63) is 75.5 Å². The Morgan fingerprint density at radius 1 is 1.08 bits per heavy atom. The Morgan fingerprint density at radius 2 is 1.77 bits per heavy atom. The van der Waals surface area contributed by atoms with Gasteiger partial charge in [-0.2, -0.15) is 5.10 Å². The van der Waals surface area contributed by atoms with Gasteiger partial charge in [-0.15, -0.1) is 0 Å². The second-order valence-electron chi connectivity index (χ2n) is 5.85. The Hall–Kier alpha value is -2.50. The van der Waals surface area contributed by atoms with Crippen molar-refractivity contribution in [1.82, 2.24) is 14.8 Å². The molecule has 4 nitrogen and oxygen atoms in total. The molecular formula is C20H13BrClN3O. The Morgan fingerprint density at radius 3 is 2.42 bits per heavy atom. The SMILES string of the molecule is Cc1nn(-c2ccccc2)c2nc(Cl)c(C=O)c(-c3ccc(Br)cc3)c12. The van der Waals surface area contributed by atoms with E-state index >= 15 is 0 Å². The van der Waals surface area contributed by atoms with Gasteiger partial charge in [-0.3, -0.25) is 4.79 Å². The average molecular weight is 427 g/mol. The van der Waals surface area contributed by atoms with Crippen LogP contribution >= 0.6 is 27.5 Å². The molecule has 0 fully saturated rings. The first kappa shape index (κ1) is 16.9. The van der Waals surface area contributed by atoms with Gasteiger partial charge >= 0.3 is 0 Å². The lowest BCUT2D eigenvalue weighted by Crippen LogP contribution is -2.00. The number of rotatable bonds is 3. The highest BCUT2D eigenvalue weighted by molar-refractivity contribution is 9.10. The maximum atomic E-state index is 11.8. The van der Waals surface area contributed by atoms with Gasteiger partial charge in [0.1, 0.15) is 5.15 Å². The first-order chi connectivity index (χ1) is 12.6. The van der Waals surface area contributed by atoms with Gasteiger partial charge in [-0.05, 0) is 36.8 Å². The van der Waals surface area contributed by atoms with Crippen LogP contribution in [0.3, 0.4) is 0 Å². The largest absolute Gasteiger partial charge is 0.298 e. The molecule has 4 rings (SSSR count). The topological polar surface area (TPSA) is 47.8 Å². The molecule has 0 aliphatic heterocycles. The van der Waals surface area contributed by atoms with Crippen molar-refractivity contribution in [2.45, 2.75) is 6.92 Å². The molecular weight excluding hydrogens is 414 g/mol. The summed E-state index contributed by atoms with van der Waals surface area (Å²) in [6.45, 7) is 1.91. The monoisotopic (exact) mass is 425 g/mol. The smallest absolute Gasteiger partial charge is 0.165 e. The van der Waals surface area contributed by atoms with Crippen molar-refractivity contribution in [2.24, 2.45) is 0 Å². The zero-order valence-electron chi connectivity index (χ0n) is 13.8. The summed E-state index contributed by atoms with van der Waals surface area (Å²) >= 11 is 9.81. The number of aldehydes is 1. The second-order valence-corrected chi connectivity index (χ2v) is 7.12. The number of carbonyl (C=O) groups excluding carboxylic acids is 1. The number of nitrogens with zero attached hydrogens (tertiary/aromatic N) is 3. The highest BCUT2D eigenvalue weighted by Crippen LogP contribution is 2.37. The van der Waals surface area contributed by atoms with Gasteiger partial charge in [0, 0.05) is 10.0 Å². The number of benzene rings is 2. The fourth-order valence-corrected chi connectivity index (χ4v) is 3.56. The van der Waals surface area contributed by atoms with Crippen molar-refractivity contribution in [1.29, 1.82) is 0 Å². The van der Waals surface area contributed by atoms with E-state index in [1.54, 1.807) is 4.68 Å². The maximum absolute atomic E-state index is 11.8. The van der Waals surface area contributed by atoms with Crippen molar-refractivity contribution in [3.8, 4) is 16.8 Å². The molecule has 0 aliphatic carbocycles. The van der Waals surface area contributed by atoms with E-state index in [4.69, 9.17) is 11.6 Å². The van der Waals surface area contributed by atoms with Gasteiger partial charge in [0.15, 0.2) is 11.9 Å². The van der Waals surface area contributed by atoms with Crippen LogP contribution < -0.4 is 0 Å². The van der Waals surface area contributed by atoms with Crippen LogP contribution in [-0.4, -0.2) is 21.1 Å². The molecule has 0 atom stereocenters. The molecule has 2 aromatic heterocycles. The quantitative estimate of drug-likeness (QED) is 0.315. The van der Waals surface area contributed by atoms with Crippen molar-refractivity contribution < 1.29 is 4.79 Å². The summed E-state index contributed by atoms with van der Waals surface area (Å²) in [5.74, 6) is 0. The fraction of sp³-hybridized carbons (Fsp3) is 0.0500. The zero-order valence-corrected chi connectivity index (χ0v) is 16.1. The van der Waals surface area contributed by atoms with E-state index in [-0.39, 0.29) is 5.15 Å². The van der Waals surface area contributed by atoms with Gasteiger partial charge < -0.3 is 0 Å². The molecule has 0 N–H and O–H groups in total. The highest BCUT2D eigenvalue weighted by atomic mass is 79.9. The summed E-state index contributed by atoms with van der Waals surface area (Å²) < 4.78 is 2.72. The molecule has 2 aromatic carbocycles. The minimum absolute atomic E-state index is 0.169. The zero-order chi connectivity index (χ0) is 18.3. The molecule has 26 heavy (non-hydrogen) atoms. The summed E-state index contributed by atoms with van der Waals surface area (Å²) in [6, 6.07) is 17.5. The molecule has 0 amide bonds. The first-order valence-electron chi connectivity index (χ1n) is 7.95. The van der Waals surface area contributed by atoms with E-state index in [2.05, 4.69) is 26.0 Å². The number of carbonyl (C=O) groups is 1. The normalized spacial score (nSPS) is 11.0. The van der Waals surface area contributed by atoms with Crippen LogP contribution in [0.4, 0.5) is 0 Å². The number of para-hydroxylation sites is 1. The minimum Gasteiger partial charge on any atom is -0.298 e. The number of aryl methyl sites for hydroxylation is 1.